The van der Waals surface area contributed by atoms with Crippen molar-refractivity contribution in [1.29, 1.82) is 0 Å². The third kappa shape index (κ3) is 4.82. The monoisotopic (exact) mass is 290 g/mol. The van der Waals surface area contributed by atoms with E-state index in [1.807, 2.05) is 0 Å². The molecule has 1 aromatic carbocycles. The lowest BCUT2D eigenvalue weighted by atomic mass is 9.96. The maximum atomic E-state index is 5.96. The van der Waals surface area contributed by atoms with Crippen LogP contribution >= 0.6 is 0 Å². The number of hydrogen-bond donors (Lipinski definition) is 0. The number of unbranched alkanes of at least 4 members (excludes halogenated alkanes) is 2. The summed E-state index contributed by atoms with van der Waals surface area (Å²) in [6, 6.07) is 9.04. The van der Waals surface area contributed by atoms with Crippen LogP contribution in [0.4, 0.5) is 0 Å². The zero-order chi connectivity index (χ0) is 15.1. The van der Waals surface area contributed by atoms with Gasteiger partial charge in [0.15, 0.2) is 5.79 Å². The highest BCUT2D eigenvalue weighted by Gasteiger charge is 2.32. The number of aryl methyl sites for hydroxylation is 1. The molecule has 0 amide bonds. The zero-order valence-electron chi connectivity index (χ0n) is 13.9. The molecular weight excluding hydrogens is 260 g/mol. The van der Waals surface area contributed by atoms with Crippen molar-refractivity contribution in [3.8, 4) is 0 Å². The summed E-state index contributed by atoms with van der Waals surface area (Å²) >= 11 is 0. The van der Waals surface area contributed by atoms with E-state index in [0.29, 0.717) is 5.92 Å². The molecule has 1 aromatic rings. The molecule has 1 fully saturated rings. The van der Waals surface area contributed by atoms with Crippen LogP contribution in [-0.4, -0.2) is 19.0 Å². The molecule has 0 saturated carbocycles. The van der Waals surface area contributed by atoms with Crippen LogP contribution in [0.3, 0.4) is 0 Å². The van der Waals surface area contributed by atoms with Crippen LogP contribution in [0.25, 0.3) is 0 Å². The van der Waals surface area contributed by atoms with Gasteiger partial charge in [0.25, 0.3) is 0 Å². The quantitative estimate of drug-likeness (QED) is 0.653. The molecule has 2 rings (SSSR count). The van der Waals surface area contributed by atoms with Crippen molar-refractivity contribution >= 4 is 0 Å². The Morgan fingerprint density at radius 3 is 2.24 bits per heavy atom. The van der Waals surface area contributed by atoms with E-state index in [1.165, 1.54) is 36.8 Å². The van der Waals surface area contributed by atoms with Gasteiger partial charge in [-0.1, -0.05) is 57.4 Å². The Labute approximate surface area is 129 Å². The summed E-state index contributed by atoms with van der Waals surface area (Å²) in [6.07, 6.45) is 7.15. The Bertz CT molecular complexity index is 402. The fraction of sp³-hybridized carbons (Fsp3) is 0.684. The van der Waals surface area contributed by atoms with Crippen LogP contribution in [0.5, 0.6) is 0 Å². The van der Waals surface area contributed by atoms with Gasteiger partial charge in [-0.15, -0.1) is 0 Å². The summed E-state index contributed by atoms with van der Waals surface area (Å²) in [6.45, 7) is 8.01. The second-order valence-electron chi connectivity index (χ2n) is 6.40. The number of rotatable bonds is 7. The van der Waals surface area contributed by atoms with E-state index in [2.05, 4.69) is 45.0 Å². The fourth-order valence-corrected chi connectivity index (χ4v) is 2.97. The van der Waals surface area contributed by atoms with Gasteiger partial charge in [0.2, 0.25) is 0 Å². The first-order valence-corrected chi connectivity index (χ1v) is 8.53. The van der Waals surface area contributed by atoms with Crippen LogP contribution in [0.1, 0.15) is 69.9 Å². The van der Waals surface area contributed by atoms with E-state index < -0.39 is 0 Å². The maximum absolute atomic E-state index is 5.96. The van der Waals surface area contributed by atoms with Crippen molar-refractivity contribution in [2.24, 2.45) is 0 Å². The van der Waals surface area contributed by atoms with E-state index in [-0.39, 0.29) is 5.79 Å². The smallest absolute Gasteiger partial charge is 0.165 e. The summed E-state index contributed by atoms with van der Waals surface area (Å²) in [4.78, 5) is 0. The topological polar surface area (TPSA) is 18.5 Å². The van der Waals surface area contributed by atoms with Gasteiger partial charge in [-0.2, -0.15) is 0 Å². The minimum Gasteiger partial charge on any atom is -0.350 e. The van der Waals surface area contributed by atoms with Crippen LogP contribution in [0, 0.1) is 0 Å². The first kappa shape index (κ1) is 16.5. The molecule has 0 radical (unpaired) electrons. The zero-order valence-corrected chi connectivity index (χ0v) is 13.9. The third-order valence-electron chi connectivity index (χ3n) is 4.40. The summed E-state index contributed by atoms with van der Waals surface area (Å²) < 4.78 is 11.9. The van der Waals surface area contributed by atoms with Crippen LogP contribution in [0.15, 0.2) is 24.3 Å². The number of benzene rings is 1. The Morgan fingerprint density at radius 2 is 1.67 bits per heavy atom. The lowest BCUT2D eigenvalue weighted by molar-refractivity contribution is -0.265. The maximum Gasteiger partial charge on any atom is 0.165 e. The van der Waals surface area contributed by atoms with Gasteiger partial charge in [0.1, 0.15) is 0 Å². The van der Waals surface area contributed by atoms with Gasteiger partial charge in [-0.3, -0.25) is 0 Å². The lowest BCUT2D eigenvalue weighted by Gasteiger charge is -2.37. The van der Waals surface area contributed by atoms with Gasteiger partial charge in [-0.25, -0.2) is 0 Å². The van der Waals surface area contributed by atoms with Crippen molar-refractivity contribution in [3.63, 3.8) is 0 Å². The molecule has 1 aliphatic heterocycles. The van der Waals surface area contributed by atoms with Crippen molar-refractivity contribution in [2.75, 3.05) is 13.2 Å². The lowest BCUT2D eigenvalue weighted by Crippen LogP contribution is -2.40. The molecule has 0 N–H and O–H groups in total. The summed E-state index contributed by atoms with van der Waals surface area (Å²) in [5.41, 5.74) is 2.79. The second-order valence-corrected chi connectivity index (χ2v) is 6.40. The molecule has 2 heteroatoms. The molecule has 0 aromatic heterocycles. The molecule has 0 unspecified atom stereocenters. The third-order valence-corrected chi connectivity index (χ3v) is 4.40. The number of hydrogen-bond acceptors (Lipinski definition) is 2. The van der Waals surface area contributed by atoms with E-state index >= 15 is 0 Å². The van der Waals surface area contributed by atoms with Gasteiger partial charge in [0.05, 0.1) is 13.2 Å². The van der Waals surface area contributed by atoms with E-state index in [4.69, 9.17) is 9.47 Å². The fourth-order valence-electron chi connectivity index (χ4n) is 2.97. The normalized spacial score (nSPS) is 26.0. The summed E-state index contributed by atoms with van der Waals surface area (Å²) in [7, 11) is 0. The molecule has 1 heterocycles. The Kier molecular flexibility index (Phi) is 6.25. The molecule has 1 saturated heterocycles. The summed E-state index contributed by atoms with van der Waals surface area (Å²) in [5, 5.41) is 0. The average molecular weight is 290 g/mol. The Morgan fingerprint density at radius 1 is 1.00 bits per heavy atom. The molecule has 2 nitrogen and oxygen atoms in total. The van der Waals surface area contributed by atoms with E-state index in [1.54, 1.807) is 0 Å². The molecule has 0 spiro atoms. The molecular formula is C19H30O2. The van der Waals surface area contributed by atoms with E-state index in [9.17, 15) is 0 Å². The minimum atomic E-state index is -0.370. The first-order valence-electron chi connectivity index (χ1n) is 8.53. The molecule has 0 atom stereocenters. The molecule has 1 aliphatic rings. The standard InChI is InChI=1S/C19H30O2/c1-4-6-7-8-16-9-11-17(12-10-16)18-14-20-19(3,13-5-2)21-15-18/h9-12,18H,4-8,13-15H2,1-3H3/t18-,19-. The predicted octanol–water partition coefficient (Wildman–Crippen LogP) is 5.07. The second kappa shape index (κ2) is 7.95. The molecule has 21 heavy (non-hydrogen) atoms. The van der Waals surface area contributed by atoms with Crippen molar-refractivity contribution in [2.45, 2.75) is 71.0 Å². The van der Waals surface area contributed by atoms with Crippen molar-refractivity contribution in [3.05, 3.63) is 35.4 Å². The molecule has 0 aliphatic carbocycles. The largest absolute Gasteiger partial charge is 0.350 e. The first-order chi connectivity index (χ1) is 10.2. The van der Waals surface area contributed by atoms with Crippen LogP contribution < -0.4 is 0 Å². The van der Waals surface area contributed by atoms with E-state index in [0.717, 1.165) is 26.1 Å². The summed E-state index contributed by atoms with van der Waals surface area (Å²) in [5.74, 6) is 0.00495. The average Bonchev–Trinajstić information content (AvgIpc) is 2.49. The highest BCUT2D eigenvalue weighted by molar-refractivity contribution is 5.26. The van der Waals surface area contributed by atoms with Gasteiger partial charge in [-0.05, 0) is 30.9 Å². The van der Waals surface area contributed by atoms with Gasteiger partial charge >= 0.3 is 0 Å². The van der Waals surface area contributed by atoms with Crippen molar-refractivity contribution in [1.82, 2.24) is 0 Å². The minimum absolute atomic E-state index is 0.370. The molecule has 0 bridgehead atoms. The predicted molar refractivity (Wildman–Crippen MR) is 87.6 cm³/mol. The highest BCUT2D eigenvalue weighted by Crippen LogP contribution is 2.30. The molecule has 118 valence electrons. The van der Waals surface area contributed by atoms with Crippen molar-refractivity contribution < 1.29 is 9.47 Å². The van der Waals surface area contributed by atoms with Crippen LogP contribution in [-0.2, 0) is 15.9 Å². The number of ether oxygens (including phenoxy) is 2. The Balaban J connectivity index is 1.86. The van der Waals surface area contributed by atoms with Gasteiger partial charge < -0.3 is 9.47 Å². The SMILES string of the molecule is CCCCCc1ccc([C@H]2CO[C@](C)(CCC)OC2)cc1. The highest BCUT2D eigenvalue weighted by atomic mass is 16.7. The van der Waals surface area contributed by atoms with Crippen LogP contribution in [0.2, 0.25) is 0 Å². The van der Waals surface area contributed by atoms with Gasteiger partial charge in [0, 0.05) is 12.3 Å². The Hall–Kier alpha value is -0.860.